The second-order valence-electron chi connectivity index (χ2n) is 4.70. The third-order valence-corrected chi connectivity index (χ3v) is 3.38. The Morgan fingerprint density at radius 2 is 2.07 bits per heavy atom. The molecule has 14 heavy (non-hydrogen) atoms. The summed E-state index contributed by atoms with van der Waals surface area (Å²) in [6.07, 6.45) is 5.43. The molecule has 0 saturated carbocycles. The summed E-state index contributed by atoms with van der Waals surface area (Å²) in [5, 5.41) is 6.98. The summed E-state index contributed by atoms with van der Waals surface area (Å²) in [6, 6.07) is 0. The molecule has 1 heterocycles. The second kappa shape index (κ2) is 7.24. The van der Waals surface area contributed by atoms with Crippen LogP contribution in [0, 0.1) is 11.8 Å². The molecule has 1 atom stereocenters. The van der Waals surface area contributed by atoms with Gasteiger partial charge < -0.3 is 10.6 Å². The maximum absolute atomic E-state index is 3.56. The Labute approximate surface area is 88.8 Å². The zero-order valence-electron chi connectivity index (χ0n) is 9.81. The molecule has 0 aromatic rings. The average molecular weight is 198 g/mol. The standard InChI is InChI=1S/C12H26N2/c1-3-11(2)10-14-9-6-12-4-7-13-8-5-12/h11-14H,3-10H2,1-2H3. The number of hydrogen-bond donors (Lipinski definition) is 2. The Hall–Kier alpha value is -0.0800. The van der Waals surface area contributed by atoms with Crippen LogP contribution in [0.5, 0.6) is 0 Å². The van der Waals surface area contributed by atoms with E-state index < -0.39 is 0 Å². The van der Waals surface area contributed by atoms with Crippen molar-refractivity contribution in [3.05, 3.63) is 0 Å². The number of rotatable bonds is 6. The van der Waals surface area contributed by atoms with Crippen LogP contribution in [0.25, 0.3) is 0 Å². The molecule has 2 nitrogen and oxygen atoms in total. The highest BCUT2D eigenvalue weighted by Crippen LogP contribution is 2.14. The van der Waals surface area contributed by atoms with Gasteiger partial charge in [0.25, 0.3) is 0 Å². The lowest BCUT2D eigenvalue weighted by Gasteiger charge is -2.22. The van der Waals surface area contributed by atoms with E-state index in [-0.39, 0.29) is 0 Å². The van der Waals surface area contributed by atoms with Crippen molar-refractivity contribution in [3.8, 4) is 0 Å². The van der Waals surface area contributed by atoms with Gasteiger partial charge in [0, 0.05) is 0 Å². The topological polar surface area (TPSA) is 24.1 Å². The minimum absolute atomic E-state index is 0.836. The van der Waals surface area contributed by atoms with Crippen molar-refractivity contribution >= 4 is 0 Å². The van der Waals surface area contributed by atoms with Gasteiger partial charge in [-0.15, -0.1) is 0 Å². The second-order valence-corrected chi connectivity index (χ2v) is 4.70. The maximum Gasteiger partial charge on any atom is -0.00233 e. The molecule has 1 aliphatic heterocycles. The van der Waals surface area contributed by atoms with Crippen LogP contribution in [-0.4, -0.2) is 26.2 Å². The normalized spacial score (nSPS) is 21.0. The number of piperidine rings is 1. The minimum atomic E-state index is 0.836. The average Bonchev–Trinajstić information content (AvgIpc) is 2.25. The Morgan fingerprint density at radius 3 is 2.71 bits per heavy atom. The first-order valence-corrected chi connectivity index (χ1v) is 6.24. The Bertz CT molecular complexity index is 130. The van der Waals surface area contributed by atoms with Crippen LogP contribution in [0.15, 0.2) is 0 Å². The molecule has 1 saturated heterocycles. The molecule has 0 amide bonds. The third-order valence-electron chi connectivity index (χ3n) is 3.38. The maximum atomic E-state index is 3.56. The predicted octanol–water partition coefficient (Wildman–Crippen LogP) is 2.01. The Morgan fingerprint density at radius 1 is 1.36 bits per heavy atom. The van der Waals surface area contributed by atoms with Gasteiger partial charge in [-0.2, -0.15) is 0 Å². The molecule has 84 valence electrons. The van der Waals surface area contributed by atoms with Gasteiger partial charge in [-0.1, -0.05) is 20.3 Å². The van der Waals surface area contributed by atoms with E-state index in [0.717, 1.165) is 11.8 Å². The molecule has 0 aliphatic carbocycles. The van der Waals surface area contributed by atoms with Crippen molar-refractivity contribution in [2.45, 2.75) is 39.5 Å². The monoisotopic (exact) mass is 198 g/mol. The highest BCUT2D eigenvalue weighted by molar-refractivity contribution is 4.69. The van der Waals surface area contributed by atoms with Crippen LogP contribution in [0.3, 0.4) is 0 Å². The summed E-state index contributed by atoms with van der Waals surface area (Å²) < 4.78 is 0. The van der Waals surface area contributed by atoms with Crippen molar-refractivity contribution in [2.24, 2.45) is 11.8 Å². The van der Waals surface area contributed by atoms with Crippen LogP contribution >= 0.6 is 0 Å². The summed E-state index contributed by atoms with van der Waals surface area (Å²) in [5.41, 5.74) is 0. The molecule has 0 radical (unpaired) electrons. The van der Waals surface area contributed by atoms with Crippen molar-refractivity contribution in [3.63, 3.8) is 0 Å². The molecular formula is C12H26N2. The zero-order chi connectivity index (χ0) is 10.2. The van der Waals surface area contributed by atoms with Crippen LogP contribution in [-0.2, 0) is 0 Å². The Kier molecular flexibility index (Phi) is 6.20. The van der Waals surface area contributed by atoms with Crippen molar-refractivity contribution in [1.82, 2.24) is 10.6 Å². The molecular weight excluding hydrogens is 172 g/mol. The molecule has 0 bridgehead atoms. The van der Waals surface area contributed by atoms with Crippen LogP contribution < -0.4 is 10.6 Å². The van der Waals surface area contributed by atoms with Gasteiger partial charge in [0.05, 0.1) is 0 Å². The summed E-state index contributed by atoms with van der Waals surface area (Å²) in [6.45, 7) is 9.46. The fourth-order valence-electron chi connectivity index (χ4n) is 1.97. The van der Waals surface area contributed by atoms with Gasteiger partial charge in [0.1, 0.15) is 0 Å². The molecule has 0 aromatic carbocycles. The van der Waals surface area contributed by atoms with E-state index >= 15 is 0 Å². The van der Waals surface area contributed by atoms with Gasteiger partial charge in [-0.05, 0) is 57.3 Å². The van der Waals surface area contributed by atoms with E-state index in [0.29, 0.717) is 0 Å². The Balaban J connectivity index is 1.92. The smallest absolute Gasteiger partial charge is 0.00233 e. The molecule has 0 spiro atoms. The first-order valence-electron chi connectivity index (χ1n) is 6.24. The fraction of sp³-hybridized carbons (Fsp3) is 1.00. The predicted molar refractivity (Wildman–Crippen MR) is 62.5 cm³/mol. The lowest BCUT2D eigenvalue weighted by Crippen LogP contribution is -2.30. The minimum Gasteiger partial charge on any atom is -0.317 e. The summed E-state index contributed by atoms with van der Waals surface area (Å²) >= 11 is 0. The van der Waals surface area contributed by atoms with E-state index in [1.807, 2.05) is 0 Å². The summed E-state index contributed by atoms with van der Waals surface area (Å²) in [7, 11) is 0. The fourth-order valence-corrected chi connectivity index (χ4v) is 1.97. The SMILES string of the molecule is CCC(C)CNCCC1CCNCC1. The van der Waals surface area contributed by atoms with Gasteiger partial charge in [0.15, 0.2) is 0 Å². The van der Waals surface area contributed by atoms with Gasteiger partial charge in [-0.25, -0.2) is 0 Å². The van der Waals surface area contributed by atoms with E-state index in [9.17, 15) is 0 Å². The molecule has 2 N–H and O–H groups in total. The summed E-state index contributed by atoms with van der Waals surface area (Å²) in [4.78, 5) is 0. The van der Waals surface area contributed by atoms with Crippen molar-refractivity contribution in [1.29, 1.82) is 0 Å². The van der Waals surface area contributed by atoms with Gasteiger partial charge in [-0.3, -0.25) is 0 Å². The molecule has 1 rings (SSSR count). The van der Waals surface area contributed by atoms with Crippen molar-refractivity contribution in [2.75, 3.05) is 26.2 Å². The van der Waals surface area contributed by atoms with Crippen LogP contribution in [0.1, 0.15) is 39.5 Å². The van der Waals surface area contributed by atoms with Crippen LogP contribution in [0.2, 0.25) is 0 Å². The highest BCUT2D eigenvalue weighted by Gasteiger charge is 2.11. The van der Waals surface area contributed by atoms with E-state index in [1.165, 1.54) is 51.9 Å². The highest BCUT2D eigenvalue weighted by atomic mass is 14.9. The first-order chi connectivity index (χ1) is 6.83. The molecule has 0 aromatic heterocycles. The quantitative estimate of drug-likeness (QED) is 0.638. The van der Waals surface area contributed by atoms with Gasteiger partial charge >= 0.3 is 0 Å². The van der Waals surface area contributed by atoms with E-state index in [2.05, 4.69) is 24.5 Å². The molecule has 1 unspecified atom stereocenters. The molecule has 1 aliphatic rings. The number of hydrogen-bond acceptors (Lipinski definition) is 2. The van der Waals surface area contributed by atoms with Gasteiger partial charge in [0.2, 0.25) is 0 Å². The van der Waals surface area contributed by atoms with Crippen LogP contribution in [0.4, 0.5) is 0 Å². The first kappa shape index (κ1) is 12.0. The van der Waals surface area contributed by atoms with E-state index in [1.54, 1.807) is 0 Å². The van der Waals surface area contributed by atoms with E-state index in [4.69, 9.17) is 0 Å². The lowest BCUT2D eigenvalue weighted by atomic mass is 9.95. The summed E-state index contributed by atoms with van der Waals surface area (Å²) in [5.74, 6) is 1.81. The molecule has 2 heteroatoms. The largest absolute Gasteiger partial charge is 0.317 e. The zero-order valence-corrected chi connectivity index (χ0v) is 9.81. The van der Waals surface area contributed by atoms with Crippen molar-refractivity contribution < 1.29 is 0 Å². The third kappa shape index (κ3) is 4.97. The molecule has 1 fully saturated rings. The lowest BCUT2D eigenvalue weighted by molar-refractivity contribution is 0.344. The number of nitrogens with one attached hydrogen (secondary N) is 2.